The largest absolute Gasteiger partial charge is 0.454 e. The fraction of sp³-hybridized carbons (Fsp3) is 0.368. The Morgan fingerprint density at radius 2 is 1.96 bits per heavy atom. The van der Waals surface area contributed by atoms with Gasteiger partial charge < -0.3 is 9.64 Å². The van der Waals surface area contributed by atoms with E-state index in [4.69, 9.17) is 10.00 Å². The molecule has 26 heavy (non-hydrogen) atoms. The van der Waals surface area contributed by atoms with Crippen molar-refractivity contribution in [2.75, 3.05) is 13.1 Å². The van der Waals surface area contributed by atoms with Gasteiger partial charge in [0.2, 0.25) is 11.8 Å². The van der Waals surface area contributed by atoms with Crippen molar-refractivity contribution >= 4 is 11.8 Å². The number of piperidine rings is 1. The van der Waals surface area contributed by atoms with Gasteiger partial charge in [-0.1, -0.05) is 0 Å². The lowest BCUT2D eigenvalue weighted by atomic mass is 9.94. The summed E-state index contributed by atoms with van der Waals surface area (Å²) in [6, 6.07) is 8.81. The van der Waals surface area contributed by atoms with Crippen LogP contribution < -0.4 is 4.74 Å². The van der Waals surface area contributed by atoms with Gasteiger partial charge >= 0.3 is 0 Å². The Bertz CT molecular complexity index is 864. The van der Waals surface area contributed by atoms with Crippen LogP contribution in [0.2, 0.25) is 0 Å². The predicted molar refractivity (Wildman–Crippen MR) is 94.0 cm³/mol. The molecule has 0 saturated carbocycles. The maximum atomic E-state index is 11.7. The zero-order chi connectivity index (χ0) is 18.7. The highest BCUT2D eigenvalue weighted by molar-refractivity contribution is 5.75. The molecule has 1 fully saturated rings. The van der Waals surface area contributed by atoms with E-state index in [1.54, 1.807) is 42.3 Å². The van der Waals surface area contributed by atoms with Gasteiger partial charge in [0, 0.05) is 32.9 Å². The number of aromatic nitrogens is 2. The molecule has 1 amide bonds. The van der Waals surface area contributed by atoms with E-state index in [2.05, 4.69) is 11.2 Å². The number of hydrogen-bond donors (Lipinski definition) is 0. The lowest BCUT2D eigenvalue weighted by Crippen LogP contribution is -2.37. The van der Waals surface area contributed by atoms with Gasteiger partial charge in [-0.15, -0.1) is 0 Å². The molecule has 0 N–H and O–H groups in total. The summed E-state index contributed by atoms with van der Waals surface area (Å²) in [7, 11) is 0. The molecule has 0 bridgehead atoms. The van der Waals surface area contributed by atoms with E-state index < -0.39 is 0 Å². The minimum atomic E-state index is -0.208. The van der Waals surface area contributed by atoms with Gasteiger partial charge in [0.05, 0.1) is 17.8 Å². The third-order valence-corrected chi connectivity index (χ3v) is 4.49. The van der Waals surface area contributed by atoms with E-state index in [9.17, 15) is 9.59 Å². The number of nitriles is 1. The number of ether oxygens (including phenoxy) is 1. The summed E-state index contributed by atoms with van der Waals surface area (Å²) in [5, 5.41) is 13.3. The first-order valence-electron chi connectivity index (χ1n) is 8.52. The summed E-state index contributed by atoms with van der Waals surface area (Å²) in [6.45, 7) is 4.30. The Kier molecular flexibility index (Phi) is 5.03. The van der Waals surface area contributed by atoms with Gasteiger partial charge in [-0.2, -0.15) is 10.4 Å². The number of carbonyl (C=O) groups is 2. The second-order valence-corrected chi connectivity index (χ2v) is 6.38. The van der Waals surface area contributed by atoms with Crippen LogP contribution in [0.3, 0.4) is 0 Å². The fourth-order valence-corrected chi connectivity index (χ4v) is 3.11. The zero-order valence-electron chi connectivity index (χ0n) is 14.8. The predicted octanol–water partition coefficient (Wildman–Crippen LogP) is 2.93. The highest BCUT2D eigenvalue weighted by Gasteiger charge is 2.28. The number of hydrogen-bond acceptors (Lipinski definition) is 5. The molecule has 1 saturated heterocycles. The first-order valence-corrected chi connectivity index (χ1v) is 8.52. The Hall–Kier alpha value is -3.14. The third kappa shape index (κ3) is 3.75. The molecular formula is C19H20N4O3. The van der Waals surface area contributed by atoms with Crippen LogP contribution >= 0.6 is 0 Å². The van der Waals surface area contributed by atoms with Crippen LogP contribution in [0.5, 0.6) is 11.5 Å². The Morgan fingerprint density at radius 3 is 2.58 bits per heavy atom. The molecule has 1 aliphatic heterocycles. The quantitative estimate of drug-likeness (QED) is 0.847. The molecular weight excluding hydrogens is 332 g/mol. The van der Waals surface area contributed by atoms with E-state index in [1.807, 2.05) is 0 Å². The topological polar surface area (TPSA) is 88.2 Å². The monoisotopic (exact) mass is 352 g/mol. The minimum absolute atomic E-state index is 0.0154. The van der Waals surface area contributed by atoms with E-state index in [0.717, 1.165) is 19.4 Å². The van der Waals surface area contributed by atoms with Gasteiger partial charge in [-0.05, 0) is 37.1 Å². The summed E-state index contributed by atoms with van der Waals surface area (Å²) in [6.07, 6.45) is 3.33. The van der Waals surface area contributed by atoms with Crippen molar-refractivity contribution in [3.8, 4) is 17.6 Å². The number of carbonyl (C=O) groups excluding carboxylic acids is 2. The van der Waals surface area contributed by atoms with E-state index in [-0.39, 0.29) is 17.7 Å². The van der Waals surface area contributed by atoms with Crippen molar-refractivity contribution < 1.29 is 14.3 Å². The second-order valence-electron chi connectivity index (χ2n) is 6.38. The zero-order valence-corrected chi connectivity index (χ0v) is 14.8. The number of likely N-dealkylation sites (tertiary alicyclic amines) is 1. The first-order chi connectivity index (χ1) is 12.5. The Morgan fingerprint density at radius 1 is 1.23 bits per heavy atom. The number of nitrogens with zero attached hydrogens (tertiary/aromatic N) is 4. The van der Waals surface area contributed by atoms with E-state index in [0.29, 0.717) is 29.3 Å². The average molecular weight is 352 g/mol. The number of rotatable bonds is 3. The van der Waals surface area contributed by atoms with Gasteiger partial charge in [0.1, 0.15) is 11.4 Å². The summed E-state index contributed by atoms with van der Waals surface area (Å²) >= 11 is 0. The van der Waals surface area contributed by atoms with Crippen LogP contribution in [0.1, 0.15) is 48.7 Å². The van der Waals surface area contributed by atoms with Crippen molar-refractivity contribution in [2.24, 2.45) is 0 Å². The molecule has 7 nitrogen and oxygen atoms in total. The summed E-state index contributed by atoms with van der Waals surface area (Å²) in [5.41, 5.74) is 1.22. The normalized spacial score (nSPS) is 16.8. The smallest absolute Gasteiger partial charge is 0.243 e. The van der Waals surface area contributed by atoms with Gasteiger partial charge in [-0.3, -0.25) is 9.59 Å². The molecule has 0 unspecified atom stereocenters. The molecule has 1 aromatic heterocycles. The molecule has 0 aliphatic carbocycles. The fourth-order valence-electron chi connectivity index (χ4n) is 3.11. The van der Waals surface area contributed by atoms with E-state index >= 15 is 0 Å². The first kappa shape index (κ1) is 17.7. The van der Waals surface area contributed by atoms with Crippen LogP contribution in [0.4, 0.5) is 0 Å². The maximum Gasteiger partial charge on any atom is 0.243 e. The summed E-state index contributed by atoms with van der Waals surface area (Å²) < 4.78 is 7.21. The van der Waals surface area contributed by atoms with Crippen molar-refractivity contribution in [3.05, 3.63) is 41.7 Å². The minimum Gasteiger partial charge on any atom is -0.454 e. The highest BCUT2D eigenvalue weighted by Crippen LogP contribution is 2.34. The molecule has 2 aromatic rings. The van der Waals surface area contributed by atoms with Crippen molar-refractivity contribution in [1.82, 2.24) is 14.7 Å². The molecule has 134 valence electrons. The van der Waals surface area contributed by atoms with E-state index in [1.165, 1.54) is 11.6 Å². The lowest BCUT2D eigenvalue weighted by Gasteiger charge is -2.31. The SMILES string of the molecule is CC(=O)N1CCC[C@@H](c2nn(C(C)=O)cc2Oc2ccc(C#N)cc2)C1. The summed E-state index contributed by atoms with van der Waals surface area (Å²) in [4.78, 5) is 25.3. The number of benzene rings is 1. The van der Waals surface area contributed by atoms with Crippen molar-refractivity contribution in [3.63, 3.8) is 0 Å². The van der Waals surface area contributed by atoms with Gasteiger partial charge in [-0.25, -0.2) is 4.68 Å². The molecule has 3 rings (SSSR count). The molecule has 1 atom stereocenters. The molecule has 2 heterocycles. The van der Waals surface area contributed by atoms with Crippen LogP contribution in [-0.4, -0.2) is 39.6 Å². The highest BCUT2D eigenvalue weighted by atomic mass is 16.5. The second kappa shape index (κ2) is 7.40. The Balaban J connectivity index is 1.90. The molecule has 7 heteroatoms. The van der Waals surface area contributed by atoms with Gasteiger partial charge in [0.25, 0.3) is 0 Å². The van der Waals surface area contributed by atoms with Crippen LogP contribution in [0.25, 0.3) is 0 Å². The standard InChI is InChI=1S/C19H20N4O3/c1-13(24)22-9-3-4-16(11-22)19-18(12-23(21-19)14(2)25)26-17-7-5-15(10-20)6-8-17/h5-8,12,16H,3-4,9,11H2,1-2H3/t16-/m1/s1. The molecule has 0 radical (unpaired) electrons. The van der Waals surface area contributed by atoms with Crippen LogP contribution in [-0.2, 0) is 4.79 Å². The van der Waals surface area contributed by atoms with Crippen LogP contribution in [0.15, 0.2) is 30.5 Å². The lowest BCUT2D eigenvalue weighted by molar-refractivity contribution is -0.130. The third-order valence-electron chi connectivity index (χ3n) is 4.49. The van der Waals surface area contributed by atoms with Crippen molar-refractivity contribution in [2.45, 2.75) is 32.6 Å². The van der Waals surface area contributed by atoms with Gasteiger partial charge in [0.15, 0.2) is 5.75 Å². The molecule has 1 aliphatic rings. The van der Waals surface area contributed by atoms with Crippen molar-refractivity contribution in [1.29, 1.82) is 5.26 Å². The summed E-state index contributed by atoms with van der Waals surface area (Å²) in [5.74, 6) is 0.907. The van der Waals surface area contributed by atoms with Crippen LogP contribution in [0, 0.1) is 11.3 Å². The Labute approximate surface area is 151 Å². The molecule has 1 aromatic carbocycles. The molecule has 0 spiro atoms. The number of amides is 1. The average Bonchev–Trinajstić information content (AvgIpc) is 3.06. The maximum absolute atomic E-state index is 11.7.